The Balaban J connectivity index is 1.36. The van der Waals surface area contributed by atoms with Gasteiger partial charge in [0.1, 0.15) is 0 Å². The number of aromatic nitrogens is 4. The zero-order valence-electron chi connectivity index (χ0n) is 18.1. The molecule has 0 atom stereocenters. The molecule has 10 nitrogen and oxygen atoms in total. The molecule has 33 heavy (non-hydrogen) atoms. The van der Waals surface area contributed by atoms with Gasteiger partial charge in [0, 0.05) is 34.4 Å². The summed E-state index contributed by atoms with van der Waals surface area (Å²) in [7, 11) is 0. The van der Waals surface area contributed by atoms with Crippen molar-refractivity contribution >= 4 is 34.4 Å². The third-order valence-electron chi connectivity index (χ3n) is 4.81. The number of nitrogens with zero attached hydrogens (tertiary/aromatic N) is 2. The molecule has 0 bridgehead atoms. The van der Waals surface area contributed by atoms with Crippen LogP contribution in [0.2, 0.25) is 0 Å². The van der Waals surface area contributed by atoms with Crippen LogP contribution in [0, 0.1) is 6.92 Å². The number of ether oxygens (including phenoxy) is 1. The van der Waals surface area contributed by atoms with E-state index < -0.39 is 17.8 Å². The first-order valence-electron chi connectivity index (χ1n) is 10.3. The summed E-state index contributed by atoms with van der Waals surface area (Å²) in [4.78, 5) is 43.7. The number of nitrogens with one attached hydrogen (secondary N) is 4. The Morgan fingerprint density at radius 3 is 2.73 bits per heavy atom. The predicted octanol–water partition coefficient (Wildman–Crippen LogP) is 2.69. The number of H-pyrrole nitrogens is 2. The minimum absolute atomic E-state index is 0.00946. The van der Waals surface area contributed by atoms with Crippen LogP contribution in [0.1, 0.15) is 28.8 Å². The Labute approximate surface area is 188 Å². The molecule has 0 spiro atoms. The zero-order valence-corrected chi connectivity index (χ0v) is 18.1. The van der Waals surface area contributed by atoms with Gasteiger partial charge in [-0.2, -0.15) is 5.10 Å². The standard InChI is InChI=1S/C23H22N6O4/c1-3-33-23(32)20-27-19(28-29-20)15-6-4-5-14(10-15)12-24-21(30)22(31)26-17-7-8-18-16(11-17)9-13(2)25-18/h4-11,25H,3,12H2,1-2H3,(H,24,30)(H,26,31)(H,27,28,29). The van der Waals surface area contributed by atoms with Gasteiger partial charge in [0.2, 0.25) is 5.82 Å². The maximum Gasteiger partial charge on any atom is 0.375 e. The van der Waals surface area contributed by atoms with E-state index in [0.717, 1.165) is 22.2 Å². The van der Waals surface area contributed by atoms with E-state index in [9.17, 15) is 14.4 Å². The zero-order chi connectivity index (χ0) is 23.4. The van der Waals surface area contributed by atoms with E-state index in [2.05, 4.69) is 30.8 Å². The fraction of sp³-hybridized carbons (Fsp3) is 0.174. The third-order valence-corrected chi connectivity index (χ3v) is 4.81. The summed E-state index contributed by atoms with van der Waals surface area (Å²) in [6.45, 7) is 4.01. The number of hydrogen-bond donors (Lipinski definition) is 4. The number of rotatable bonds is 6. The van der Waals surface area contributed by atoms with Crippen molar-refractivity contribution in [3.8, 4) is 11.4 Å². The average molecular weight is 446 g/mol. The van der Waals surface area contributed by atoms with E-state index in [4.69, 9.17) is 4.74 Å². The molecule has 0 saturated heterocycles. The number of carbonyl (C=O) groups excluding carboxylic acids is 3. The van der Waals surface area contributed by atoms with E-state index >= 15 is 0 Å². The summed E-state index contributed by atoms with van der Waals surface area (Å²) in [6.07, 6.45) is 0. The van der Waals surface area contributed by atoms with Gasteiger partial charge in [-0.3, -0.25) is 14.7 Å². The molecule has 2 amide bonds. The molecule has 10 heteroatoms. The molecule has 0 aliphatic heterocycles. The van der Waals surface area contributed by atoms with Gasteiger partial charge in [-0.05, 0) is 49.7 Å². The molecule has 4 N–H and O–H groups in total. The summed E-state index contributed by atoms with van der Waals surface area (Å²) < 4.78 is 4.89. The minimum atomic E-state index is -0.759. The molecule has 0 unspecified atom stereocenters. The molecule has 0 saturated carbocycles. The van der Waals surface area contributed by atoms with Crippen LogP contribution in [0.5, 0.6) is 0 Å². The SMILES string of the molecule is CCOC(=O)c1nc(-c2cccc(CNC(=O)C(=O)Nc3ccc4[nH]c(C)cc4c3)c2)n[nH]1. The molecule has 4 aromatic rings. The Bertz CT molecular complexity index is 1340. The number of carbonyl (C=O) groups is 3. The molecule has 0 radical (unpaired) electrons. The molecule has 2 aromatic carbocycles. The smallest absolute Gasteiger partial charge is 0.375 e. The van der Waals surface area contributed by atoms with Crippen molar-refractivity contribution in [2.45, 2.75) is 20.4 Å². The fourth-order valence-corrected chi connectivity index (χ4v) is 3.31. The van der Waals surface area contributed by atoms with E-state index in [0.29, 0.717) is 17.1 Å². The van der Waals surface area contributed by atoms with Crippen LogP contribution in [-0.4, -0.2) is 44.6 Å². The van der Waals surface area contributed by atoms with Crippen LogP contribution in [-0.2, 0) is 20.9 Å². The van der Waals surface area contributed by atoms with Crippen molar-refractivity contribution in [1.82, 2.24) is 25.5 Å². The number of fused-ring (bicyclic) bond motifs is 1. The van der Waals surface area contributed by atoms with E-state index in [1.54, 1.807) is 43.3 Å². The van der Waals surface area contributed by atoms with E-state index in [1.165, 1.54) is 0 Å². The first kappa shape index (κ1) is 21.8. The Kier molecular flexibility index (Phi) is 6.16. The molecule has 0 aliphatic carbocycles. The molecule has 0 fully saturated rings. The van der Waals surface area contributed by atoms with Crippen molar-refractivity contribution in [3.05, 3.63) is 65.6 Å². The van der Waals surface area contributed by atoms with Gasteiger partial charge >= 0.3 is 17.8 Å². The highest BCUT2D eigenvalue weighted by molar-refractivity contribution is 6.39. The minimum Gasteiger partial charge on any atom is -0.460 e. The topological polar surface area (TPSA) is 142 Å². The first-order valence-corrected chi connectivity index (χ1v) is 10.3. The van der Waals surface area contributed by atoms with Crippen LogP contribution in [0.4, 0.5) is 5.69 Å². The monoisotopic (exact) mass is 446 g/mol. The molecule has 4 rings (SSSR count). The van der Waals surface area contributed by atoms with Gasteiger partial charge in [-0.15, -0.1) is 0 Å². The number of aromatic amines is 2. The molecular formula is C23H22N6O4. The van der Waals surface area contributed by atoms with Crippen molar-refractivity contribution in [3.63, 3.8) is 0 Å². The molecule has 2 heterocycles. The Morgan fingerprint density at radius 1 is 1.06 bits per heavy atom. The van der Waals surface area contributed by atoms with Crippen LogP contribution < -0.4 is 10.6 Å². The van der Waals surface area contributed by atoms with Gasteiger partial charge in [-0.25, -0.2) is 9.78 Å². The van der Waals surface area contributed by atoms with Crippen LogP contribution in [0.3, 0.4) is 0 Å². The van der Waals surface area contributed by atoms with Crippen molar-refractivity contribution in [1.29, 1.82) is 0 Å². The highest BCUT2D eigenvalue weighted by Crippen LogP contribution is 2.20. The highest BCUT2D eigenvalue weighted by atomic mass is 16.5. The average Bonchev–Trinajstić information content (AvgIpc) is 3.44. The summed E-state index contributed by atoms with van der Waals surface area (Å²) in [5.74, 6) is -1.77. The van der Waals surface area contributed by atoms with Crippen molar-refractivity contribution < 1.29 is 19.1 Å². The third kappa shape index (κ3) is 5.06. The van der Waals surface area contributed by atoms with E-state index in [1.807, 2.05) is 19.1 Å². The lowest BCUT2D eigenvalue weighted by Gasteiger charge is -2.07. The molecule has 168 valence electrons. The van der Waals surface area contributed by atoms with Gasteiger partial charge in [0.05, 0.1) is 6.61 Å². The van der Waals surface area contributed by atoms with E-state index in [-0.39, 0.29) is 19.0 Å². The van der Waals surface area contributed by atoms with Crippen molar-refractivity contribution in [2.75, 3.05) is 11.9 Å². The number of benzene rings is 2. The molecular weight excluding hydrogens is 424 g/mol. The summed E-state index contributed by atoms with van der Waals surface area (Å²) in [5, 5.41) is 12.7. The van der Waals surface area contributed by atoms with Gasteiger partial charge in [-0.1, -0.05) is 18.2 Å². The second kappa shape index (κ2) is 9.35. The van der Waals surface area contributed by atoms with Crippen LogP contribution in [0.15, 0.2) is 48.5 Å². The maximum absolute atomic E-state index is 12.3. The van der Waals surface area contributed by atoms with Crippen molar-refractivity contribution in [2.24, 2.45) is 0 Å². The summed E-state index contributed by atoms with van der Waals surface area (Å²) in [6, 6.07) is 14.4. The van der Waals surface area contributed by atoms with Crippen LogP contribution in [0.25, 0.3) is 22.3 Å². The number of amides is 2. The lowest BCUT2D eigenvalue weighted by atomic mass is 10.1. The molecule has 2 aromatic heterocycles. The fourth-order valence-electron chi connectivity index (χ4n) is 3.31. The number of anilines is 1. The number of hydrogen-bond acceptors (Lipinski definition) is 6. The number of esters is 1. The first-order chi connectivity index (χ1) is 15.9. The second-order valence-electron chi connectivity index (χ2n) is 7.32. The predicted molar refractivity (Wildman–Crippen MR) is 121 cm³/mol. The summed E-state index contributed by atoms with van der Waals surface area (Å²) >= 11 is 0. The van der Waals surface area contributed by atoms with Gasteiger partial charge in [0.15, 0.2) is 5.82 Å². The highest BCUT2D eigenvalue weighted by Gasteiger charge is 2.16. The lowest BCUT2D eigenvalue weighted by Crippen LogP contribution is -2.34. The van der Waals surface area contributed by atoms with Gasteiger partial charge < -0.3 is 20.4 Å². The van der Waals surface area contributed by atoms with Crippen LogP contribution >= 0.6 is 0 Å². The maximum atomic E-state index is 12.3. The van der Waals surface area contributed by atoms with Gasteiger partial charge in [0.25, 0.3) is 0 Å². The molecule has 0 aliphatic rings. The number of aryl methyl sites for hydroxylation is 1. The lowest BCUT2D eigenvalue weighted by molar-refractivity contribution is -0.136. The summed E-state index contributed by atoms with van der Waals surface area (Å²) in [5.41, 5.74) is 3.88. The second-order valence-corrected chi connectivity index (χ2v) is 7.32. The largest absolute Gasteiger partial charge is 0.460 e. The Morgan fingerprint density at radius 2 is 1.91 bits per heavy atom. The normalized spacial score (nSPS) is 10.7. The Hall–Kier alpha value is -4.47. The quantitative estimate of drug-likeness (QED) is 0.265.